The van der Waals surface area contributed by atoms with Crippen molar-refractivity contribution in [2.75, 3.05) is 24.3 Å². The molecular formula is C21H20N4OS. The van der Waals surface area contributed by atoms with E-state index in [1.54, 1.807) is 18.4 Å². The zero-order valence-corrected chi connectivity index (χ0v) is 15.8. The van der Waals surface area contributed by atoms with Gasteiger partial charge in [0.15, 0.2) is 0 Å². The van der Waals surface area contributed by atoms with Gasteiger partial charge in [-0.15, -0.1) is 11.3 Å². The molecule has 0 radical (unpaired) electrons. The molecule has 2 N–H and O–H groups in total. The lowest BCUT2D eigenvalue weighted by molar-refractivity contribution is 0.417. The fraction of sp³-hybridized carbons (Fsp3) is 0.143. The molecule has 0 atom stereocenters. The van der Waals surface area contributed by atoms with Gasteiger partial charge in [0, 0.05) is 16.8 Å². The maximum atomic E-state index is 5.41. The van der Waals surface area contributed by atoms with E-state index in [-0.39, 0.29) is 0 Å². The third-order valence-electron chi connectivity index (χ3n) is 4.20. The standard InChI is InChI=1S/C21H20N4OS/c1-26-19-11-5-4-10-18(19)24-21-23-17-9-3-2-8-16(17)20(25-21)22-13-12-15-7-6-14-27-15/h2-11,14H,12-13H2,1H3,(H2,22,23,24,25). The first-order valence-electron chi connectivity index (χ1n) is 8.76. The lowest BCUT2D eigenvalue weighted by atomic mass is 10.2. The molecule has 6 heteroatoms. The number of nitrogens with one attached hydrogen (secondary N) is 2. The van der Waals surface area contributed by atoms with E-state index in [1.165, 1.54) is 4.88 Å². The second kappa shape index (κ2) is 8.05. The van der Waals surface area contributed by atoms with Crippen molar-refractivity contribution in [2.24, 2.45) is 0 Å². The summed E-state index contributed by atoms with van der Waals surface area (Å²) in [5.41, 5.74) is 1.73. The third kappa shape index (κ3) is 4.01. The molecule has 0 aliphatic heterocycles. The Bertz CT molecular complexity index is 1030. The molecule has 0 amide bonds. The van der Waals surface area contributed by atoms with Crippen LogP contribution in [0.25, 0.3) is 10.9 Å². The topological polar surface area (TPSA) is 59.1 Å². The highest BCUT2D eigenvalue weighted by Gasteiger charge is 2.09. The van der Waals surface area contributed by atoms with Crippen molar-refractivity contribution in [2.45, 2.75) is 6.42 Å². The van der Waals surface area contributed by atoms with E-state index in [9.17, 15) is 0 Å². The Labute approximate surface area is 162 Å². The number of nitrogens with zero attached hydrogens (tertiary/aromatic N) is 2. The van der Waals surface area contributed by atoms with Crippen molar-refractivity contribution in [3.8, 4) is 5.75 Å². The lowest BCUT2D eigenvalue weighted by Gasteiger charge is -2.13. The Morgan fingerprint density at radius 1 is 0.963 bits per heavy atom. The molecule has 136 valence electrons. The number of ether oxygens (including phenoxy) is 1. The molecule has 0 aliphatic rings. The van der Waals surface area contributed by atoms with Crippen LogP contribution in [0.1, 0.15) is 4.88 Å². The minimum Gasteiger partial charge on any atom is -0.495 e. The van der Waals surface area contributed by atoms with Gasteiger partial charge in [0.05, 0.1) is 18.3 Å². The van der Waals surface area contributed by atoms with E-state index in [2.05, 4.69) is 33.1 Å². The number of para-hydroxylation sites is 3. The first-order valence-corrected chi connectivity index (χ1v) is 9.64. The van der Waals surface area contributed by atoms with Crippen molar-refractivity contribution >= 4 is 39.7 Å². The Morgan fingerprint density at radius 2 is 1.81 bits per heavy atom. The molecular weight excluding hydrogens is 356 g/mol. The van der Waals surface area contributed by atoms with Gasteiger partial charge in [0.25, 0.3) is 0 Å². The lowest BCUT2D eigenvalue weighted by Crippen LogP contribution is -2.08. The normalized spacial score (nSPS) is 10.7. The Hall–Kier alpha value is -3.12. The molecule has 2 heterocycles. The van der Waals surface area contributed by atoms with Gasteiger partial charge in [-0.05, 0) is 42.1 Å². The van der Waals surface area contributed by atoms with Gasteiger partial charge in [0.2, 0.25) is 5.95 Å². The Balaban J connectivity index is 1.61. The van der Waals surface area contributed by atoms with Crippen molar-refractivity contribution in [1.82, 2.24) is 9.97 Å². The molecule has 4 aromatic rings. The number of rotatable bonds is 7. The van der Waals surface area contributed by atoms with Crippen molar-refractivity contribution < 1.29 is 4.74 Å². The molecule has 0 spiro atoms. The zero-order valence-electron chi connectivity index (χ0n) is 15.0. The highest BCUT2D eigenvalue weighted by Crippen LogP contribution is 2.28. The molecule has 0 aliphatic carbocycles. The largest absolute Gasteiger partial charge is 0.495 e. The number of fused-ring (bicyclic) bond motifs is 1. The quantitative estimate of drug-likeness (QED) is 0.470. The van der Waals surface area contributed by atoms with Crippen LogP contribution in [0.4, 0.5) is 17.5 Å². The number of hydrogen-bond acceptors (Lipinski definition) is 6. The molecule has 2 aromatic heterocycles. The number of anilines is 3. The molecule has 0 unspecified atom stereocenters. The first-order chi connectivity index (χ1) is 13.3. The van der Waals surface area contributed by atoms with E-state index >= 15 is 0 Å². The van der Waals surface area contributed by atoms with Crippen LogP contribution in [0, 0.1) is 0 Å². The summed E-state index contributed by atoms with van der Waals surface area (Å²) in [6, 6.07) is 20.0. The molecule has 4 rings (SSSR count). The van der Waals surface area contributed by atoms with E-state index in [0.29, 0.717) is 5.95 Å². The van der Waals surface area contributed by atoms with Gasteiger partial charge in [-0.2, -0.15) is 4.98 Å². The number of methoxy groups -OCH3 is 1. The van der Waals surface area contributed by atoms with E-state index < -0.39 is 0 Å². The number of benzene rings is 2. The van der Waals surface area contributed by atoms with Gasteiger partial charge in [-0.25, -0.2) is 4.98 Å². The highest BCUT2D eigenvalue weighted by molar-refractivity contribution is 7.09. The van der Waals surface area contributed by atoms with Crippen molar-refractivity contribution in [3.63, 3.8) is 0 Å². The predicted octanol–water partition coefficient (Wildman–Crippen LogP) is 5.10. The summed E-state index contributed by atoms with van der Waals surface area (Å²) >= 11 is 1.77. The summed E-state index contributed by atoms with van der Waals surface area (Å²) in [6.07, 6.45) is 0.964. The minimum absolute atomic E-state index is 0.539. The highest BCUT2D eigenvalue weighted by atomic mass is 32.1. The predicted molar refractivity (Wildman–Crippen MR) is 112 cm³/mol. The Kier molecular flexibility index (Phi) is 5.16. The summed E-state index contributed by atoms with van der Waals surface area (Å²) in [5, 5.41) is 9.85. The first kappa shape index (κ1) is 17.3. The van der Waals surface area contributed by atoms with Crippen LogP contribution in [0.5, 0.6) is 5.75 Å². The van der Waals surface area contributed by atoms with Gasteiger partial charge in [0.1, 0.15) is 11.6 Å². The zero-order chi connectivity index (χ0) is 18.5. The van der Waals surface area contributed by atoms with Crippen LogP contribution in [0.3, 0.4) is 0 Å². The fourth-order valence-electron chi connectivity index (χ4n) is 2.89. The summed E-state index contributed by atoms with van der Waals surface area (Å²) < 4.78 is 5.41. The van der Waals surface area contributed by atoms with Gasteiger partial charge >= 0.3 is 0 Å². The number of aromatic nitrogens is 2. The molecule has 2 aromatic carbocycles. The molecule has 0 bridgehead atoms. The van der Waals surface area contributed by atoms with Crippen molar-refractivity contribution in [3.05, 3.63) is 70.9 Å². The van der Waals surface area contributed by atoms with Crippen LogP contribution in [-0.4, -0.2) is 23.6 Å². The molecule has 0 fully saturated rings. The van der Waals surface area contributed by atoms with Crippen molar-refractivity contribution in [1.29, 1.82) is 0 Å². The van der Waals surface area contributed by atoms with Crippen LogP contribution in [0.2, 0.25) is 0 Å². The smallest absolute Gasteiger partial charge is 0.229 e. The maximum Gasteiger partial charge on any atom is 0.229 e. The monoisotopic (exact) mass is 376 g/mol. The fourth-order valence-corrected chi connectivity index (χ4v) is 3.60. The third-order valence-corrected chi connectivity index (χ3v) is 5.14. The Morgan fingerprint density at radius 3 is 2.67 bits per heavy atom. The second-order valence-corrected chi connectivity index (χ2v) is 7.03. The van der Waals surface area contributed by atoms with Crippen LogP contribution in [-0.2, 0) is 6.42 Å². The van der Waals surface area contributed by atoms with Crippen LogP contribution in [0.15, 0.2) is 66.0 Å². The molecule has 27 heavy (non-hydrogen) atoms. The van der Waals surface area contributed by atoms with Crippen LogP contribution < -0.4 is 15.4 Å². The molecule has 0 saturated heterocycles. The summed E-state index contributed by atoms with van der Waals surface area (Å²) in [6.45, 7) is 0.815. The average molecular weight is 376 g/mol. The van der Waals surface area contributed by atoms with E-state index in [4.69, 9.17) is 9.72 Å². The van der Waals surface area contributed by atoms with E-state index in [0.717, 1.165) is 41.1 Å². The summed E-state index contributed by atoms with van der Waals surface area (Å²) in [5.74, 6) is 2.12. The SMILES string of the molecule is COc1ccccc1Nc1nc(NCCc2cccs2)c2ccccc2n1. The second-order valence-electron chi connectivity index (χ2n) is 5.99. The maximum absolute atomic E-state index is 5.41. The van der Waals surface area contributed by atoms with E-state index in [1.807, 2.05) is 48.5 Å². The molecule has 0 saturated carbocycles. The number of thiophene rings is 1. The van der Waals surface area contributed by atoms with Gasteiger partial charge in [-0.1, -0.05) is 30.3 Å². The summed E-state index contributed by atoms with van der Waals surface area (Å²) in [4.78, 5) is 10.7. The average Bonchev–Trinajstić information content (AvgIpc) is 3.22. The summed E-state index contributed by atoms with van der Waals surface area (Å²) in [7, 11) is 1.65. The molecule has 5 nitrogen and oxygen atoms in total. The minimum atomic E-state index is 0.539. The van der Waals surface area contributed by atoms with Gasteiger partial charge in [-0.3, -0.25) is 0 Å². The van der Waals surface area contributed by atoms with Crippen LogP contribution >= 0.6 is 11.3 Å². The van der Waals surface area contributed by atoms with Gasteiger partial charge < -0.3 is 15.4 Å². The number of hydrogen-bond donors (Lipinski definition) is 2.